The molecule has 0 unspecified atom stereocenters. The first-order chi connectivity index (χ1) is 7.65. The summed E-state index contributed by atoms with van der Waals surface area (Å²) in [6, 6.07) is 5.19. The lowest BCUT2D eigenvalue weighted by Crippen LogP contribution is -1.95. The van der Waals surface area contributed by atoms with Crippen LogP contribution in [-0.4, -0.2) is 9.97 Å². The van der Waals surface area contributed by atoms with Gasteiger partial charge in [0, 0.05) is 4.47 Å². The van der Waals surface area contributed by atoms with Gasteiger partial charge in [-0.25, -0.2) is 14.4 Å². The average Bonchev–Trinajstić information content (AvgIpc) is 2.25. The molecule has 2 N–H and O–H groups in total. The number of anilines is 1. The number of nitrogen functional groups attached to an aromatic ring is 1. The van der Waals surface area contributed by atoms with Gasteiger partial charge >= 0.3 is 6.01 Å². The van der Waals surface area contributed by atoms with Gasteiger partial charge < -0.3 is 10.5 Å². The molecule has 0 radical (unpaired) electrons. The van der Waals surface area contributed by atoms with Crippen LogP contribution in [-0.2, 0) is 0 Å². The van der Waals surface area contributed by atoms with Gasteiger partial charge in [0.1, 0.15) is 0 Å². The molecule has 0 aliphatic heterocycles. The summed E-state index contributed by atoms with van der Waals surface area (Å²) >= 11 is 3.27. The average molecular weight is 284 g/mol. The van der Waals surface area contributed by atoms with Gasteiger partial charge in [0.15, 0.2) is 11.6 Å². The first-order valence-corrected chi connectivity index (χ1v) is 5.15. The Morgan fingerprint density at radius 2 is 1.94 bits per heavy atom. The summed E-state index contributed by atoms with van der Waals surface area (Å²) in [4.78, 5) is 7.32. The fourth-order valence-corrected chi connectivity index (χ4v) is 1.44. The lowest BCUT2D eigenvalue weighted by atomic mass is 10.3. The highest BCUT2D eigenvalue weighted by Gasteiger charge is 2.04. The van der Waals surface area contributed by atoms with E-state index in [9.17, 15) is 4.39 Å². The van der Waals surface area contributed by atoms with Crippen LogP contribution in [0.3, 0.4) is 0 Å². The number of hydrogen-bond donors (Lipinski definition) is 1. The number of halogens is 2. The fraction of sp³-hybridized carbons (Fsp3) is 0. The maximum Gasteiger partial charge on any atom is 0.322 e. The smallest absolute Gasteiger partial charge is 0.322 e. The minimum atomic E-state index is -0.517. The number of ether oxygens (including phenoxy) is 1. The van der Waals surface area contributed by atoms with E-state index in [0.717, 1.165) is 16.9 Å². The summed E-state index contributed by atoms with van der Waals surface area (Å²) < 4.78 is 18.7. The molecule has 4 nitrogen and oxygen atoms in total. The monoisotopic (exact) mass is 283 g/mol. The molecule has 0 bridgehead atoms. The Balaban J connectivity index is 2.23. The SMILES string of the molecule is Nc1cc(Br)ccc1Oc1ncc(F)cn1. The third kappa shape index (κ3) is 2.46. The van der Waals surface area contributed by atoms with Crippen LogP contribution in [0.15, 0.2) is 35.1 Å². The molecule has 1 aromatic heterocycles. The van der Waals surface area contributed by atoms with Gasteiger partial charge in [0.05, 0.1) is 18.1 Å². The number of aromatic nitrogens is 2. The zero-order valence-electron chi connectivity index (χ0n) is 8.02. The predicted molar refractivity (Wildman–Crippen MR) is 60.6 cm³/mol. The molecule has 1 heterocycles. The van der Waals surface area contributed by atoms with Gasteiger partial charge in [-0.3, -0.25) is 0 Å². The molecule has 0 fully saturated rings. The second kappa shape index (κ2) is 4.44. The Morgan fingerprint density at radius 1 is 1.25 bits per heavy atom. The Labute approximate surface area is 99.4 Å². The van der Waals surface area contributed by atoms with E-state index in [4.69, 9.17) is 10.5 Å². The summed E-state index contributed by atoms with van der Waals surface area (Å²) in [5.74, 6) is -0.0917. The Bertz CT molecular complexity index is 504. The minimum Gasteiger partial charge on any atom is -0.422 e. The maximum atomic E-state index is 12.5. The first-order valence-electron chi connectivity index (χ1n) is 4.35. The summed E-state index contributed by atoms with van der Waals surface area (Å²) in [5, 5.41) is 0. The van der Waals surface area contributed by atoms with Crippen LogP contribution >= 0.6 is 15.9 Å². The molecule has 0 saturated heterocycles. The summed E-state index contributed by atoms with van der Waals surface area (Å²) in [6.07, 6.45) is 2.05. The zero-order valence-corrected chi connectivity index (χ0v) is 9.61. The number of nitrogens with zero attached hydrogens (tertiary/aromatic N) is 2. The van der Waals surface area contributed by atoms with Gasteiger partial charge in [-0.2, -0.15) is 0 Å². The van der Waals surface area contributed by atoms with E-state index in [0.29, 0.717) is 11.4 Å². The number of benzene rings is 1. The summed E-state index contributed by atoms with van der Waals surface area (Å²) in [7, 11) is 0. The Hall–Kier alpha value is -1.69. The van der Waals surface area contributed by atoms with Crippen molar-refractivity contribution in [3.63, 3.8) is 0 Å². The highest BCUT2D eigenvalue weighted by molar-refractivity contribution is 9.10. The number of rotatable bonds is 2. The predicted octanol–water partition coefficient (Wildman–Crippen LogP) is 2.75. The summed E-state index contributed by atoms with van der Waals surface area (Å²) in [6.45, 7) is 0. The lowest BCUT2D eigenvalue weighted by molar-refractivity contribution is 0.438. The molecule has 0 aliphatic rings. The van der Waals surface area contributed by atoms with E-state index >= 15 is 0 Å². The van der Waals surface area contributed by atoms with Crippen LogP contribution in [0.25, 0.3) is 0 Å². The number of nitrogens with two attached hydrogens (primary N) is 1. The topological polar surface area (TPSA) is 61.0 Å². The fourth-order valence-electron chi connectivity index (χ4n) is 1.06. The van der Waals surface area contributed by atoms with Crippen molar-refractivity contribution in [3.05, 3.63) is 40.9 Å². The molecular formula is C10H7BrFN3O. The second-order valence-electron chi connectivity index (χ2n) is 2.97. The van der Waals surface area contributed by atoms with E-state index in [2.05, 4.69) is 25.9 Å². The minimum absolute atomic E-state index is 0.0513. The van der Waals surface area contributed by atoms with Crippen molar-refractivity contribution < 1.29 is 9.13 Å². The standard InChI is InChI=1S/C10H7BrFN3O/c11-6-1-2-9(8(13)3-6)16-10-14-4-7(12)5-15-10/h1-5H,13H2. The van der Waals surface area contributed by atoms with Crippen molar-refractivity contribution in [3.8, 4) is 11.8 Å². The highest BCUT2D eigenvalue weighted by Crippen LogP contribution is 2.27. The van der Waals surface area contributed by atoms with Crippen LogP contribution in [0.2, 0.25) is 0 Å². The van der Waals surface area contributed by atoms with Crippen LogP contribution < -0.4 is 10.5 Å². The molecule has 2 aromatic rings. The van der Waals surface area contributed by atoms with E-state index in [-0.39, 0.29) is 6.01 Å². The van der Waals surface area contributed by atoms with E-state index in [1.54, 1.807) is 18.2 Å². The van der Waals surface area contributed by atoms with Gasteiger partial charge in [-0.1, -0.05) is 15.9 Å². The number of hydrogen-bond acceptors (Lipinski definition) is 4. The van der Waals surface area contributed by atoms with Crippen molar-refractivity contribution in [2.75, 3.05) is 5.73 Å². The largest absolute Gasteiger partial charge is 0.422 e. The van der Waals surface area contributed by atoms with Crippen molar-refractivity contribution in [2.45, 2.75) is 0 Å². The molecule has 1 aromatic carbocycles. The quantitative estimate of drug-likeness (QED) is 0.861. The zero-order chi connectivity index (χ0) is 11.5. The normalized spacial score (nSPS) is 10.1. The van der Waals surface area contributed by atoms with Crippen molar-refractivity contribution >= 4 is 21.6 Å². The Kier molecular flexibility index (Phi) is 3.00. The van der Waals surface area contributed by atoms with Crippen molar-refractivity contribution in [2.24, 2.45) is 0 Å². The molecule has 0 atom stereocenters. The van der Waals surface area contributed by atoms with E-state index in [1.165, 1.54) is 0 Å². The summed E-state index contributed by atoms with van der Waals surface area (Å²) in [5.41, 5.74) is 6.16. The Morgan fingerprint density at radius 3 is 2.56 bits per heavy atom. The third-order valence-corrected chi connectivity index (χ3v) is 2.26. The van der Waals surface area contributed by atoms with Crippen molar-refractivity contribution in [1.29, 1.82) is 0 Å². The van der Waals surface area contributed by atoms with Gasteiger partial charge in [-0.15, -0.1) is 0 Å². The van der Waals surface area contributed by atoms with Crippen LogP contribution in [0.4, 0.5) is 10.1 Å². The molecule has 0 aliphatic carbocycles. The lowest BCUT2D eigenvalue weighted by Gasteiger charge is -2.06. The molecule has 6 heteroatoms. The maximum absolute atomic E-state index is 12.5. The third-order valence-electron chi connectivity index (χ3n) is 1.77. The van der Waals surface area contributed by atoms with Crippen LogP contribution in [0, 0.1) is 5.82 Å². The molecule has 0 spiro atoms. The van der Waals surface area contributed by atoms with E-state index < -0.39 is 5.82 Å². The van der Waals surface area contributed by atoms with Gasteiger partial charge in [0.25, 0.3) is 0 Å². The van der Waals surface area contributed by atoms with Gasteiger partial charge in [0.2, 0.25) is 0 Å². The molecule has 16 heavy (non-hydrogen) atoms. The molecule has 82 valence electrons. The van der Waals surface area contributed by atoms with Crippen LogP contribution in [0.1, 0.15) is 0 Å². The van der Waals surface area contributed by atoms with Gasteiger partial charge in [-0.05, 0) is 18.2 Å². The second-order valence-corrected chi connectivity index (χ2v) is 3.88. The van der Waals surface area contributed by atoms with E-state index in [1.807, 2.05) is 0 Å². The van der Waals surface area contributed by atoms with Crippen LogP contribution in [0.5, 0.6) is 11.8 Å². The molecule has 0 amide bonds. The molecule has 2 rings (SSSR count). The molecule has 0 saturated carbocycles. The first kappa shape index (κ1) is 10.8. The van der Waals surface area contributed by atoms with Crippen molar-refractivity contribution in [1.82, 2.24) is 9.97 Å². The molecular weight excluding hydrogens is 277 g/mol. The highest BCUT2D eigenvalue weighted by atomic mass is 79.9.